The molecule has 2 aliphatic rings. The van der Waals surface area contributed by atoms with E-state index in [0.717, 1.165) is 39.3 Å². The van der Waals surface area contributed by atoms with Crippen LogP contribution < -0.4 is 5.32 Å². The van der Waals surface area contributed by atoms with Crippen LogP contribution in [0.1, 0.15) is 13.3 Å². The monoisotopic (exact) mass is 276 g/mol. The van der Waals surface area contributed by atoms with E-state index in [2.05, 4.69) is 17.1 Å². The molecule has 2 saturated heterocycles. The Bertz CT molecular complexity index is 350. The lowest BCUT2D eigenvalue weighted by molar-refractivity contribution is 0.112. The fraction of sp³-hybridized carbons (Fsp3) is 1.00. The van der Waals surface area contributed by atoms with Crippen LogP contribution >= 0.6 is 0 Å². The highest BCUT2D eigenvalue weighted by molar-refractivity contribution is 7.91. The molecule has 5 nitrogen and oxygen atoms in total. The maximum absolute atomic E-state index is 11.4. The van der Waals surface area contributed by atoms with Gasteiger partial charge in [-0.15, -0.1) is 0 Å². The molecule has 0 spiro atoms. The van der Waals surface area contributed by atoms with Gasteiger partial charge >= 0.3 is 0 Å². The van der Waals surface area contributed by atoms with Gasteiger partial charge < -0.3 is 15.0 Å². The van der Waals surface area contributed by atoms with Crippen molar-refractivity contribution in [3.63, 3.8) is 0 Å². The average molecular weight is 276 g/mol. The lowest BCUT2D eigenvalue weighted by Crippen LogP contribution is -2.49. The Morgan fingerprint density at radius 2 is 2.06 bits per heavy atom. The summed E-state index contributed by atoms with van der Waals surface area (Å²) in [4.78, 5) is 2.28. The molecular formula is C12H24N2O3S. The minimum Gasteiger partial charge on any atom is -0.381 e. The van der Waals surface area contributed by atoms with Crippen molar-refractivity contribution >= 4 is 9.84 Å². The van der Waals surface area contributed by atoms with Crippen molar-refractivity contribution in [3.8, 4) is 0 Å². The van der Waals surface area contributed by atoms with Gasteiger partial charge in [-0.05, 0) is 13.0 Å². The van der Waals surface area contributed by atoms with E-state index in [1.54, 1.807) is 0 Å². The molecule has 0 aliphatic carbocycles. The highest BCUT2D eigenvalue weighted by Crippen LogP contribution is 2.29. The molecule has 2 heterocycles. The smallest absolute Gasteiger partial charge is 0.152 e. The second-order valence-electron chi connectivity index (χ2n) is 5.51. The van der Waals surface area contributed by atoms with Gasteiger partial charge in [0.05, 0.1) is 18.1 Å². The van der Waals surface area contributed by atoms with Crippen LogP contribution in [0.15, 0.2) is 0 Å². The third-order valence-electron chi connectivity index (χ3n) is 3.93. The molecule has 0 amide bonds. The van der Waals surface area contributed by atoms with Gasteiger partial charge in [0, 0.05) is 38.2 Å². The number of sulfone groups is 1. The normalized spacial score (nSPS) is 32.7. The minimum absolute atomic E-state index is 0.178. The van der Waals surface area contributed by atoms with Crippen molar-refractivity contribution in [2.45, 2.75) is 13.3 Å². The molecule has 1 unspecified atom stereocenters. The van der Waals surface area contributed by atoms with E-state index >= 15 is 0 Å². The lowest BCUT2D eigenvalue weighted by Gasteiger charge is -2.36. The quantitative estimate of drug-likeness (QED) is 0.749. The topological polar surface area (TPSA) is 58.6 Å². The van der Waals surface area contributed by atoms with Crippen molar-refractivity contribution in [2.75, 3.05) is 57.4 Å². The maximum atomic E-state index is 11.4. The van der Waals surface area contributed by atoms with Gasteiger partial charge in [-0.25, -0.2) is 8.42 Å². The highest BCUT2D eigenvalue weighted by Gasteiger charge is 2.37. The van der Waals surface area contributed by atoms with E-state index < -0.39 is 9.84 Å². The standard InChI is InChI=1S/C12H24N2O3S/c1-2-13-9-12(3-6-17-11-12)10-14-4-7-18(15,16)8-5-14/h13H,2-11H2,1H3. The molecule has 1 atom stereocenters. The van der Waals surface area contributed by atoms with Crippen LogP contribution in [-0.2, 0) is 14.6 Å². The van der Waals surface area contributed by atoms with Crippen LogP contribution in [0.4, 0.5) is 0 Å². The fourth-order valence-electron chi connectivity index (χ4n) is 2.74. The maximum Gasteiger partial charge on any atom is 0.152 e. The second kappa shape index (κ2) is 5.86. The first-order valence-electron chi connectivity index (χ1n) is 6.77. The Labute approximate surface area is 110 Å². The Kier molecular flexibility index (Phi) is 4.64. The molecule has 0 aromatic heterocycles. The molecule has 0 saturated carbocycles. The summed E-state index contributed by atoms with van der Waals surface area (Å²) in [6.07, 6.45) is 1.07. The lowest BCUT2D eigenvalue weighted by atomic mass is 9.86. The van der Waals surface area contributed by atoms with E-state index in [4.69, 9.17) is 4.74 Å². The third-order valence-corrected chi connectivity index (χ3v) is 5.54. The SMILES string of the molecule is CCNCC1(CN2CCS(=O)(=O)CC2)CCOC1. The highest BCUT2D eigenvalue weighted by atomic mass is 32.2. The number of rotatable bonds is 5. The van der Waals surface area contributed by atoms with E-state index in [9.17, 15) is 8.42 Å². The van der Waals surface area contributed by atoms with Gasteiger partial charge in [-0.3, -0.25) is 0 Å². The van der Waals surface area contributed by atoms with Crippen molar-refractivity contribution in [1.29, 1.82) is 0 Å². The van der Waals surface area contributed by atoms with Crippen molar-refractivity contribution < 1.29 is 13.2 Å². The summed E-state index contributed by atoms with van der Waals surface area (Å²) in [7, 11) is -2.77. The van der Waals surface area contributed by atoms with Crippen LogP contribution in [-0.4, -0.2) is 70.8 Å². The molecule has 0 aromatic rings. The van der Waals surface area contributed by atoms with Gasteiger partial charge in [0.2, 0.25) is 0 Å². The number of nitrogens with one attached hydrogen (secondary N) is 1. The first-order valence-corrected chi connectivity index (χ1v) is 8.59. The molecule has 2 aliphatic heterocycles. The van der Waals surface area contributed by atoms with Gasteiger partial charge in [-0.2, -0.15) is 0 Å². The van der Waals surface area contributed by atoms with Crippen molar-refractivity contribution in [1.82, 2.24) is 10.2 Å². The Morgan fingerprint density at radius 3 is 2.61 bits per heavy atom. The van der Waals surface area contributed by atoms with Crippen LogP contribution in [0.5, 0.6) is 0 Å². The third kappa shape index (κ3) is 3.66. The van der Waals surface area contributed by atoms with E-state index in [0.29, 0.717) is 24.6 Å². The Morgan fingerprint density at radius 1 is 1.33 bits per heavy atom. The summed E-state index contributed by atoms with van der Waals surface area (Å²) < 4.78 is 28.4. The summed E-state index contributed by atoms with van der Waals surface area (Å²) in [6, 6.07) is 0. The van der Waals surface area contributed by atoms with Gasteiger partial charge in [0.15, 0.2) is 9.84 Å². The zero-order valence-electron chi connectivity index (χ0n) is 11.2. The average Bonchev–Trinajstić information content (AvgIpc) is 2.79. The van der Waals surface area contributed by atoms with Crippen molar-refractivity contribution in [3.05, 3.63) is 0 Å². The first-order chi connectivity index (χ1) is 8.55. The molecule has 2 fully saturated rings. The van der Waals surface area contributed by atoms with Crippen LogP contribution in [0.25, 0.3) is 0 Å². The Hall–Kier alpha value is -0.170. The molecule has 0 bridgehead atoms. The zero-order valence-corrected chi connectivity index (χ0v) is 12.0. The summed E-state index contributed by atoms with van der Waals surface area (Å²) >= 11 is 0. The number of ether oxygens (including phenoxy) is 1. The van der Waals surface area contributed by atoms with Gasteiger partial charge in [0.25, 0.3) is 0 Å². The minimum atomic E-state index is -2.77. The second-order valence-corrected chi connectivity index (χ2v) is 7.81. The summed E-state index contributed by atoms with van der Waals surface area (Å²) in [6.45, 7) is 7.97. The summed E-state index contributed by atoms with van der Waals surface area (Å²) in [5, 5.41) is 3.41. The number of hydrogen-bond donors (Lipinski definition) is 1. The first kappa shape index (κ1) is 14.2. The fourth-order valence-corrected chi connectivity index (χ4v) is 4.02. The predicted octanol–water partition coefficient (Wildman–Crippen LogP) is -0.267. The van der Waals surface area contributed by atoms with Crippen LogP contribution in [0, 0.1) is 5.41 Å². The molecule has 18 heavy (non-hydrogen) atoms. The summed E-state index contributed by atoms with van der Waals surface area (Å²) in [5.74, 6) is 0.621. The molecule has 6 heteroatoms. The van der Waals surface area contributed by atoms with Crippen LogP contribution in [0.3, 0.4) is 0 Å². The van der Waals surface area contributed by atoms with E-state index in [1.807, 2.05) is 0 Å². The van der Waals surface area contributed by atoms with Crippen LogP contribution in [0.2, 0.25) is 0 Å². The van der Waals surface area contributed by atoms with E-state index in [-0.39, 0.29) is 5.41 Å². The molecular weight excluding hydrogens is 252 g/mol. The molecule has 106 valence electrons. The van der Waals surface area contributed by atoms with Crippen molar-refractivity contribution in [2.24, 2.45) is 5.41 Å². The van der Waals surface area contributed by atoms with E-state index in [1.165, 1.54) is 0 Å². The zero-order chi connectivity index (χ0) is 13.1. The van der Waals surface area contributed by atoms with Gasteiger partial charge in [-0.1, -0.05) is 6.92 Å². The molecule has 2 rings (SSSR count). The Balaban J connectivity index is 1.89. The largest absolute Gasteiger partial charge is 0.381 e. The summed E-state index contributed by atoms with van der Waals surface area (Å²) in [5.41, 5.74) is 0.178. The number of hydrogen-bond acceptors (Lipinski definition) is 5. The molecule has 1 N–H and O–H groups in total. The molecule has 0 aromatic carbocycles. The predicted molar refractivity (Wildman–Crippen MR) is 71.5 cm³/mol. The molecule has 0 radical (unpaired) electrons. The number of nitrogens with zero attached hydrogens (tertiary/aromatic N) is 1. The van der Waals surface area contributed by atoms with Gasteiger partial charge in [0.1, 0.15) is 0 Å².